The minimum Gasteiger partial charge on any atom is -0.299 e. The van der Waals surface area contributed by atoms with E-state index in [1.165, 1.54) is 23.3 Å². The van der Waals surface area contributed by atoms with Crippen molar-refractivity contribution in [3.8, 4) is 0 Å². The molecule has 0 saturated carbocycles. The molecule has 0 aromatic heterocycles. The van der Waals surface area contributed by atoms with Gasteiger partial charge in [-0.05, 0) is 49.1 Å². The van der Waals surface area contributed by atoms with Crippen LogP contribution in [0, 0.1) is 0 Å². The minimum absolute atomic E-state index is 0. The maximum absolute atomic E-state index is 12.4. The second kappa shape index (κ2) is 11.5. The first-order chi connectivity index (χ1) is 13.5. The van der Waals surface area contributed by atoms with Crippen LogP contribution in [0.25, 0.3) is 0 Å². The molecule has 0 bridgehead atoms. The third-order valence-corrected chi connectivity index (χ3v) is 7.51. The lowest BCUT2D eigenvalue weighted by atomic mass is 10.00. The summed E-state index contributed by atoms with van der Waals surface area (Å²) in [6.45, 7) is 3.64. The molecule has 0 fully saturated rings. The van der Waals surface area contributed by atoms with Crippen LogP contribution in [-0.4, -0.2) is 33.0 Å². The number of fused-ring (bicyclic) bond motifs is 1. The Morgan fingerprint density at radius 1 is 0.897 bits per heavy atom. The van der Waals surface area contributed by atoms with Gasteiger partial charge in [-0.2, -0.15) is 0 Å². The number of nitrogens with one attached hydrogen (secondary N) is 1. The Morgan fingerprint density at radius 2 is 1.55 bits per heavy atom. The average molecular weight is 478 g/mol. The van der Waals surface area contributed by atoms with Crippen LogP contribution in [0.15, 0.2) is 47.4 Å². The highest BCUT2D eigenvalue weighted by molar-refractivity contribution is 7.89. The third kappa shape index (κ3) is 6.84. The second-order valence-electron chi connectivity index (χ2n) is 7.16. The topological polar surface area (TPSA) is 49.4 Å². The highest BCUT2D eigenvalue weighted by atomic mass is 35.5. The van der Waals surface area contributed by atoms with Crippen molar-refractivity contribution >= 4 is 45.6 Å². The largest absolute Gasteiger partial charge is 0.299 e. The number of unbranched alkanes of at least 4 members (excludes halogenated alkanes) is 3. The number of hydrogen-bond donors (Lipinski definition) is 1. The first-order valence-electron chi connectivity index (χ1n) is 9.70. The molecule has 1 N–H and O–H groups in total. The van der Waals surface area contributed by atoms with Crippen LogP contribution in [0.5, 0.6) is 0 Å². The zero-order valence-corrected chi connectivity index (χ0v) is 19.4. The number of benzene rings is 2. The predicted octanol–water partition coefficient (Wildman–Crippen LogP) is 5.31. The number of sulfonamides is 1. The number of hydrogen-bond acceptors (Lipinski definition) is 3. The predicted molar refractivity (Wildman–Crippen MR) is 123 cm³/mol. The van der Waals surface area contributed by atoms with Gasteiger partial charge >= 0.3 is 0 Å². The van der Waals surface area contributed by atoms with Crippen molar-refractivity contribution in [1.29, 1.82) is 0 Å². The molecule has 3 rings (SSSR count). The van der Waals surface area contributed by atoms with E-state index in [9.17, 15) is 8.42 Å². The zero-order valence-electron chi connectivity index (χ0n) is 16.2. The lowest BCUT2D eigenvalue weighted by molar-refractivity contribution is 0.248. The molecule has 1 aliphatic rings. The SMILES string of the molecule is Cl.O=S(=O)(NCCCCCCN1CCc2ccccc2C1)c1c(Cl)cccc1Cl. The van der Waals surface area contributed by atoms with Gasteiger partial charge in [0.2, 0.25) is 10.0 Å². The van der Waals surface area contributed by atoms with Crippen LogP contribution in [0.3, 0.4) is 0 Å². The molecule has 0 saturated heterocycles. The fourth-order valence-corrected chi connectivity index (χ4v) is 5.79. The van der Waals surface area contributed by atoms with Gasteiger partial charge in [-0.15, -0.1) is 12.4 Å². The Labute approximate surface area is 190 Å². The van der Waals surface area contributed by atoms with E-state index in [1.807, 2.05) is 0 Å². The van der Waals surface area contributed by atoms with Crippen LogP contribution in [0.1, 0.15) is 36.8 Å². The van der Waals surface area contributed by atoms with Crippen molar-refractivity contribution < 1.29 is 8.42 Å². The molecule has 8 heteroatoms. The summed E-state index contributed by atoms with van der Waals surface area (Å²) in [5.41, 5.74) is 2.92. The molecule has 0 radical (unpaired) electrons. The van der Waals surface area contributed by atoms with Crippen LogP contribution in [0.2, 0.25) is 10.0 Å². The van der Waals surface area contributed by atoms with Crippen molar-refractivity contribution in [1.82, 2.24) is 9.62 Å². The van der Waals surface area contributed by atoms with Crippen LogP contribution < -0.4 is 4.72 Å². The standard InChI is InChI=1S/C21H26Cl2N2O2S.ClH/c22-19-10-7-11-20(23)21(19)28(26,27)24-13-5-1-2-6-14-25-15-12-17-8-3-4-9-18(17)16-25;/h3-4,7-11,24H,1-2,5-6,12-16H2;1H. The lowest BCUT2D eigenvalue weighted by Gasteiger charge is -2.28. The smallest absolute Gasteiger partial charge is 0.243 e. The van der Waals surface area contributed by atoms with Crippen molar-refractivity contribution in [2.75, 3.05) is 19.6 Å². The Balaban J connectivity index is 0.00000300. The van der Waals surface area contributed by atoms with E-state index in [-0.39, 0.29) is 27.3 Å². The molecule has 0 spiro atoms. The summed E-state index contributed by atoms with van der Waals surface area (Å²) < 4.78 is 27.4. The normalized spacial score (nSPS) is 14.3. The minimum atomic E-state index is -3.68. The van der Waals surface area contributed by atoms with E-state index in [4.69, 9.17) is 23.2 Å². The Kier molecular flexibility index (Phi) is 9.73. The molecule has 2 aromatic rings. The summed E-state index contributed by atoms with van der Waals surface area (Å²) in [6.07, 6.45) is 5.13. The van der Waals surface area contributed by atoms with E-state index in [1.54, 1.807) is 6.07 Å². The van der Waals surface area contributed by atoms with Gasteiger partial charge in [0.1, 0.15) is 4.90 Å². The molecule has 1 heterocycles. The van der Waals surface area contributed by atoms with Gasteiger partial charge in [-0.25, -0.2) is 13.1 Å². The first kappa shape index (κ1) is 24.4. The highest BCUT2D eigenvalue weighted by Gasteiger charge is 2.20. The maximum atomic E-state index is 12.4. The summed E-state index contributed by atoms with van der Waals surface area (Å²) in [5.74, 6) is 0. The lowest BCUT2D eigenvalue weighted by Crippen LogP contribution is -2.31. The zero-order chi connectivity index (χ0) is 20.0. The summed E-state index contributed by atoms with van der Waals surface area (Å²) in [7, 11) is -3.68. The molecule has 29 heavy (non-hydrogen) atoms. The van der Waals surface area contributed by atoms with Gasteiger partial charge < -0.3 is 0 Å². The second-order valence-corrected chi connectivity index (χ2v) is 9.68. The first-order valence-corrected chi connectivity index (χ1v) is 11.9. The summed E-state index contributed by atoms with van der Waals surface area (Å²) in [4.78, 5) is 2.47. The average Bonchev–Trinajstić information content (AvgIpc) is 2.66. The Hall–Kier alpha value is -0.820. The fourth-order valence-electron chi connectivity index (χ4n) is 3.58. The van der Waals surface area contributed by atoms with E-state index in [2.05, 4.69) is 33.9 Å². The number of nitrogens with zero attached hydrogens (tertiary/aromatic N) is 1. The Morgan fingerprint density at radius 3 is 2.28 bits per heavy atom. The van der Waals surface area contributed by atoms with Crippen molar-refractivity contribution in [3.63, 3.8) is 0 Å². The quantitative estimate of drug-likeness (QED) is 0.498. The van der Waals surface area contributed by atoms with Gasteiger partial charge in [0.15, 0.2) is 0 Å². The monoisotopic (exact) mass is 476 g/mol. The highest BCUT2D eigenvalue weighted by Crippen LogP contribution is 2.28. The molecule has 0 atom stereocenters. The van der Waals surface area contributed by atoms with Gasteiger partial charge in [0, 0.05) is 19.6 Å². The molecular formula is C21H27Cl3N2O2S. The number of halogens is 3. The molecular weight excluding hydrogens is 451 g/mol. The maximum Gasteiger partial charge on any atom is 0.243 e. The van der Waals surface area contributed by atoms with Gasteiger partial charge in [-0.1, -0.05) is 66.4 Å². The van der Waals surface area contributed by atoms with Crippen LogP contribution >= 0.6 is 35.6 Å². The van der Waals surface area contributed by atoms with E-state index in [0.29, 0.717) is 6.54 Å². The summed E-state index contributed by atoms with van der Waals surface area (Å²) in [6, 6.07) is 13.4. The van der Waals surface area contributed by atoms with Gasteiger partial charge in [0.25, 0.3) is 0 Å². The third-order valence-electron chi connectivity index (χ3n) is 5.09. The molecule has 1 aliphatic heterocycles. The van der Waals surface area contributed by atoms with Crippen molar-refractivity contribution in [3.05, 3.63) is 63.6 Å². The van der Waals surface area contributed by atoms with E-state index < -0.39 is 10.0 Å². The van der Waals surface area contributed by atoms with E-state index in [0.717, 1.165) is 51.7 Å². The summed E-state index contributed by atoms with van der Waals surface area (Å²) in [5, 5.41) is 0.284. The molecule has 0 aliphatic carbocycles. The summed E-state index contributed by atoms with van der Waals surface area (Å²) >= 11 is 12.0. The molecule has 0 amide bonds. The van der Waals surface area contributed by atoms with Gasteiger partial charge in [0.05, 0.1) is 10.0 Å². The van der Waals surface area contributed by atoms with Crippen molar-refractivity contribution in [2.45, 2.75) is 43.5 Å². The molecule has 0 unspecified atom stereocenters. The van der Waals surface area contributed by atoms with E-state index >= 15 is 0 Å². The molecule has 2 aromatic carbocycles. The van der Waals surface area contributed by atoms with Crippen LogP contribution in [0.4, 0.5) is 0 Å². The van der Waals surface area contributed by atoms with Crippen LogP contribution in [-0.2, 0) is 23.0 Å². The van der Waals surface area contributed by atoms with Gasteiger partial charge in [-0.3, -0.25) is 4.90 Å². The molecule has 160 valence electrons. The van der Waals surface area contributed by atoms with Crippen molar-refractivity contribution in [2.24, 2.45) is 0 Å². The Bertz CT molecular complexity index is 886. The fraction of sp³-hybridized carbons (Fsp3) is 0.429. The number of rotatable bonds is 9. The molecule has 4 nitrogen and oxygen atoms in total.